The highest BCUT2D eigenvalue weighted by Gasteiger charge is 2.35. The van der Waals surface area contributed by atoms with E-state index in [1.807, 2.05) is 260 Å². The molecular formula is C122H90N4O10. The number of nitrogens with one attached hydrogen (secondary N) is 2. The van der Waals surface area contributed by atoms with Crippen LogP contribution >= 0.6 is 0 Å². The van der Waals surface area contributed by atoms with Gasteiger partial charge in [-0.25, -0.2) is 19.6 Å². The Morgan fingerprint density at radius 1 is 0.272 bits per heavy atom. The summed E-state index contributed by atoms with van der Waals surface area (Å²) in [4.78, 5) is 52.4. The van der Waals surface area contributed by atoms with Crippen molar-refractivity contribution < 1.29 is 48.2 Å². The zero-order valence-electron chi connectivity index (χ0n) is 75.5. The quantitative estimate of drug-likeness (QED) is 0.116. The molecule has 0 radical (unpaired) electrons. The molecule has 0 saturated heterocycles. The number of esters is 2. The largest absolute Gasteiger partial charge is 0.507 e. The second kappa shape index (κ2) is 33.6. The summed E-state index contributed by atoms with van der Waals surface area (Å²) in [5.74, 6) is 0.426. The average Bonchev–Trinajstić information content (AvgIpc) is 0.814. The Bertz CT molecular complexity index is 7940. The third kappa shape index (κ3) is 15.2. The minimum atomic E-state index is -0.972. The molecule has 19 aromatic rings. The van der Waals surface area contributed by atoms with Gasteiger partial charge >= 0.3 is 11.9 Å². The molecule has 0 saturated carbocycles. The van der Waals surface area contributed by atoms with Gasteiger partial charge in [0, 0.05) is 111 Å². The molecule has 16 aromatic carbocycles. The van der Waals surface area contributed by atoms with Gasteiger partial charge in [-0.2, -0.15) is 0 Å². The van der Waals surface area contributed by atoms with Crippen molar-refractivity contribution in [3.63, 3.8) is 0 Å². The number of aromatic nitrogens is 4. The molecule has 136 heavy (non-hydrogen) atoms. The fourth-order valence-electron chi connectivity index (χ4n) is 19.8. The first-order chi connectivity index (χ1) is 66.3. The normalized spacial score (nSPS) is 12.8. The van der Waals surface area contributed by atoms with Gasteiger partial charge in [0.2, 0.25) is 0 Å². The van der Waals surface area contributed by atoms with Crippen molar-refractivity contribution >= 4 is 101 Å². The highest BCUT2D eigenvalue weighted by molar-refractivity contribution is 6.18. The van der Waals surface area contributed by atoms with Crippen molar-refractivity contribution in [2.45, 2.75) is 79.2 Å². The van der Waals surface area contributed by atoms with Crippen LogP contribution in [0.25, 0.3) is 201 Å². The Morgan fingerprint density at radius 3 is 0.787 bits per heavy atom. The number of carbonyl (C=O) groups is 2. The second-order valence-electron chi connectivity index (χ2n) is 36.9. The number of phenols is 2. The van der Waals surface area contributed by atoms with E-state index in [-0.39, 0.29) is 49.1 Å². The van der Waals surface area contributed by atoms with Crippen LogP contribution in [0.15, 0.2) is 340 Å². The second-order valence-corrected chi connectivity index (χ2v) is 36.9. The molecule has 14 heteroatoms. The number of hydrogen-bond acceptors (Lipinski definition) is 12. The van der Waals surface area contributed by atoms with Crippen LogP contribution in [0.3, 0.4) is 0 Å². The van der Waals surface area contributed by atoms with E-state index in [0.29, 0.717) is 178 Å². The molecular weight excluding hydrogens is 1680 g/mol. The van der Waals surface area contributed by atoms with Crippen molar-refractivity contribution in [2.24, 2.45) is 0 Å². The summed E-state index contributed by atoms with van der Waals surface area (Å²) >= 11 is 0. The lowest BCUT2D eigenvalue weighted by Crippen LogP contribution is -2.25. The fraction of sp³-hybridized carbons (Fsp3) is 0.0984. The summed E-state index contributed by atoms with van der Waals surface area (Å²) in [6, 6.07) is 114. The summed E-state index contributed by atoms with van der Waals surface area (Å²) in [6.07, 6.45) is 8.24. The summed E-state index contributed by atoms with van der Waals surface area (Å²) < 4.78 is 43.4. The van der Waals surface area contributed by atoms with Crippen LogP contribution in [0.1, 0.15) is 107 Å². The van der Waals surface area contributed by atoms with E-state index < -0.39 is 23.1 Å². The maximum Gasteiger partial charge on any atom is 0.339 e. The smallest absolute Gasteiger partial charge is 0.339 e. The number of aromatic amines is 2. The van der Waals surface area contributed by atoms with E-state index in [0.717, 1.165) is 66.1 Å². The number of fused-ring (bicyclic) bond motifs is 34. The topological polar surface area (TPSA) is 187 Å². The van der Waals surface area contributed by atoms with Gasteiger partial charge in [0.25, 0.3) is 0 Å². The molecule has 20 bridgehead atoms. The molecule has 4 aliphatic heterocycles. The number of ether oxygens (including phenoxy) is 6. The van der Waals surface area contributed by atoms with E-state index in [4.69, 9.17) is 38.4 Å². The molecule has 3 aromatic heterocycles. The van der Waals surface area contributed by atoms with Gasteiger partial charge in [-0.3, -0.25) is 0 Å². The van der Waals surface area contributed by atoms with Crippen molar-refractivity contribution in [3.05, 3.63) is 396 Å². The predicted molar refractivity (Wildman–Crippen MR) is 547 cm³/mol. The number of H-pyrrole nitrogens is 2. The number of phenolic OH excluding ortho intramolecular Hbond substituents is 2. The lowest BCUT2D eigenvalue weighted by Gasteiger charge is -2.25. The van der Waals surface area contributed by atoms with Crippen molar-refractivity contribution in [1.29, 1.82) is 0 Å². The summed E-state index contributed by atoms with van der Waals surface area (Å²) in [6.45, 7) is 10.5. The molecule has 23 rings (SSSR count). The molecule has 4 aliphatic rings. The van der Waals surface area contributed by atoms with Gasteiger partial charge in [0.15, 0.2) is 0 Å². The molecule has 0 fully saturated rings. The Morgan fingerprint density at radius 2 is 0.515 bits per heavy atom. The monoisotopic (exact) mass is 1770 g/mol. The Hall–Kier alpha value is -17.1. The van der Waals surface area contributed by atoms with E-state index in [9.17, 15) is 10.2 Å². The van der Waals surface area contributed by atoms with E-state index in [1.165, 1.54) is 0 Å². The number of carbonyl (C=O) groups excluding carboxylic acids is 2. The fourth-order valence-corrected chi connectivity index (χ4v) is 19.8. The third-order valence-electron chi connectivity index (χ3n) is 25.9. The molecule has 14 nitrogen and oxygen atoms in total. The first-order valence-electron chi connectivity index (χ1n) is 45.8. The highest BCUT2D eigenvalue weighted by Crippen LogP contribution is 2.53. The lowest BCUT2D eigenvalue weighted by atomic mass is 9.85. The molecule has 0 unspecified atom stereocenters. The van der Waals surface area contributed by atoms with Crippen LogP contribution in [0.4, 0.5) is 0 Å². The van der Waals surface area contributed by atoms with Crippen LogP contribution in [0, 0.1) is 0 Å². The van der Waals surface area contributed by atoms with E-state index in [2.05, 4.69) is 156 Å². The Balaban J connectivity index is 0.883. The molecule has 0 amide bonds. The molecule has 0 aliphatic carbocycles. The van der Waals surface area contributed by atoms with Crippen molar-refractivity contribution in [1.82, 2.24) is 19.9 Å². The number of nitrogens with zero attached hydrogens (tertiary/aromatic N) is 2. The summed E-state index contributed by atoms with van der Waals surface area (Å²) in [5.41, 5.74) is 19.4. The van der Waals surface area contributed by atoms with Gasteiger partial charge in [-0.1, -0.05) is 243 Å². The minimum absolute atomic E-state index is 0.0847. The molecule has 0 atom stereocenters. The Labute approximate surface area is 785 Å². The number of benzene rings is 16. The highest BCUT2D eigenvalue weighted by atomic mass is 16.6. The summed E-state index contributed by atoms with van der Waals surface area (Å²) in [7, 11) is 0. The number of aromatic hydroxyl groups is 2. The first kappa shape index (κ1) is 83.3. The maximum absolute atomic E-state index is 16.0. The average molecular weight is 1770 g/mol. The summed E-state index contributed by atoms with van der Waals surface area (Å²) in [5, 5.41) is 33.5. The third-order valence-corrected chi connectivity index (χ3v) is 25.9. The van der Waals surface area contributed by atoms with Crippen LogP contribution in [0.5, 0.6) is 34.5 Å². The van der Waals surface area contributed by atoms with Gasteiger partial charge in [-0.05, 0) is 251 Å². The SMILES string of the molecule is CC(C)(C)OC(=O)c1c2cc3ccccc3c1-c1c(O)c(cc3ccccc13)COc1ccc(-c3ccccc3)cc1-c1c3nc(c4c5ccc([nH]5)c(c5nc(c(c6ccc1[nH]6)-c1cc(-c6ccccc6)ccc1OC2)C=C5)-c1cc(-c2ccccc2)ccc1OCc1cc2ccccc2c(c1C(=O)OC(C)(C)C)-c1c(O)c(cc2ccccc12)COc1ccc(-c2ccccc2)cc1-4)C=C3. The van der Waals surface area contributed by atoms with Crippen molar-refractivity contribution in [2.75, 3.05) is 0 Å². The predicted octanol–water partition coefficient (Wildman–Crippen LogP) is 30.2. The number of hydrogen-bond donors (Lipinski definition) is 4. The molecule has 4 N–H and O–H groups in total. The van der Waals surface area contributed by atoms with Crippen LogP contribution < -0.4 is 18.9 Å². The van der Waals surface area contributed by atoms with Gasteiger partial charge < -0.3 is 48.6 Å². The van der Waals surface area contributed by atoms with Crippen LogP contribution in [0.2, 0.25) is 0 Å². The van der Waals surface area contributed by atoms with Gasteiger partial charge in [0.05, 0.1) is 33.9 Å². The van der Waals surface area contributed by atoms with Gasteiger partial charge in [0.1, 0.15) is 72.1 Å². The standard InChI is InChI=1S/C122H90N4O10/c1-121(2,3)135-119(129)107-83-59-79-35-19-23-39-87(79)113(107)115-89-41-25-21-37-81(89)61-85(117(115)127)69-133-105-57-45-77(73-31-15-9-16-32-73)65-93(105)111-99-51-49-97(124-99)109(91-63-75(43-55-103(91)131-67-83)71-27-11-7-12-28-71)95-47-48-96(123-95)110-92-64-76(72-29-13-8-14-30-72)44-56-104(92)132-68-84-60-80-36-20-24-40-88(80)114(108(84)120(130)136-122(4,5)6)116-90-42-26-22-38-82(90)62-86(118(116)128)70-134-106-58-46-78(74-33-17-10-18-34-74)66-94(106)112(100-52-50-98(110)125-100)102-54-53-101(111)126-102/h7-66,124-125,127-128H,67-70H2,1-6H3. The van der Waals surface area contributed by atoms with E-state index >= 15 is 9.59 Å². The van der Waals surface area contributed by atoms with Crippen LogP contribution in [-0.4, -0.2) is 53.3 Å². The lowest BCUT2D eigenvalue weighted by molar-refractivity contribution is 0.00556. The van der Waals surface area contributed by atoms with Gasteiger partial charge in [-0.15, -0.1) is 0 Å². The Kier molecular flexibility index (Phi) is 20.6. The van der Waals surface area contributed by atoms with Crippen LogP contribution in [-0.2, 0) is 35.9 Å². The first-order valence-corrected chi connectivity index (χ1v) is 45.8. The zero-order valence-corrected chi connectivity index (χ0v) is 75.5. The van der Waals surface area contributed by atoms with E-state index in [1.54, 1.807) is 0 Å². The number of rotatable bonds is 6. The minimum Gasteiger partial charge on any atom is -0.507 e. The van der Waals surface area contributed by atoms with Crippen molar-refractivity contribution in [3.8, 4) is 146 Å². The molecule has 0 spiro atoms. The molecule has 7 heterocycles. The molecule has 658 valence electrons. The zero-order chi connectivity index (χ0) is 92.2. The maximum atomic E-state index is 16.0.